The fourth-order valence-corrected chi connectivity index (χ4v) is 3.89. The van der Waals surface area contributed by atoms with Crippen LogP contribution in [0.2, 0.25) is 0 Å². The maximum absolute atomic E-state index is 13.7. The van der Waals surface area contributed by atoms with E-state index in [1.807, 2.05) is 18.2 Å². The number of hydrogen-bond acceptors (Lipinski definition) is 5. The molecule has 0 aliphatic heterocycles. The number of aromatic carboxylic acids is 1. The Morgan fingerprint density at radius 1 is 0.824 bits per heavy atom. The standard InChI is InChI=1S/C28H40N2O4/c1-4-7-8-9-10-13-22-34-26-15-12-11-14-25(26)27(31)30(21-20-29(5-2)6-3)24-18-16-23(17-19-24)28(32)33/h11-12,14-19H,4-10,13,20-22H2,1-3H3,(H,32,33)/p-1. The summed E-state index contributed by atoms with van der Waals surface area (Å²) in [5.41, 5.74) is 1.24. The minimum Gasteiger partial charge on any atom is -0.545 e. The van der Waals surface area contributed by atoms with E-state index in [4.69, 9.17) is 4.74 Å². The number of nitrogens with zero attached hydrogens (tertiary/aromatic N) is 2. The lowest BCUT2D eigenvalue weighted by Crippen LogP contribution is -2.39. The topological polar surface area (TPSA) is 72.9 Å². The lowest BCUT2D eigenvalue weighted by Gasteiger charge is -2.27. The zero-order valence-corrected chi connectivity index (χ0v) is 20.9. The Labute approximate surface area is 204 Å². The Bertz CT molecular complexity index is 878. The monoisotopic (exact) mass is 467 g/mol. The van der Waals surface area contributed by atoms with Crippen molar-refractivity contribution in [1.82, 2.24) is 4.90 Å². The van der Waals surface area contributed by atoms with Crippen LogP contribution in [0.1, 0.15) is 80.0 Å². The number of unbranched alkanes of at least 4 members (excludes halogenated alkanes) is 5. The first kappa shape index (κ1) is 27.4. The first-order valence-corrected chi connectivity index (χ1v) is 12.6. The Balaban J connectivity index is 2.17. The molecule has 1 amide bonds. The second-order valence-electron chi connectivity index (χ2n) is 8.43. The molecule has 34 heavy (non-hydrogen) atoms. The number of amides is 1. The van der Waals surface area contributed by atoms with Crippen LogP contribution in [0.4, 0.5) is 5.69 Å². The maximum atomic E-state index is 13.7. The molecule has 0 N–H and O–H groups in total. The predicted molar refractivity (Wildman–Crippen MR) is 136 cm³/mol. The highest BCUT2D eigenvalue weighted by molar-refractivity contribution is 6.08. The zero-order chi connectivity index (χ0) is 24.8. The molecule has 2 rings (SSSR count). The van der Waals surface area contributed by atoms with Gasteiger partial charge in [0.2, 0.25) is 0 Å². The Morgan fingerprint density at radius 3 is 2.12 bits per heavy atom. The summed E-state index contributed by atoms with van der Waals surface area (Å²) >= 11 is 0. The molecule has 0 aliphatic rings. The quantitative estimate of drug-likeness (QED) is 0.332. The molecule has 0 fully saturated rings. The Morgan fingerprint density at radius 2 is 1.47 bits per heavy atom. The zero-order valence-electron chi connectivity index (χ0n) is 20.9. The number of carboxylic acid groups (broad SMARTS) is 1. The van der Waals surface area contributed by atoms with Crippen LogP contribution in [0, 0.1) is 0 Å². The maximum Gasteiger partial charge on any atom is 0.262 e. The number of ether oxygens (including phenoxy) is 1. The van der Waals surface area contributed by atoms with Gasteiger partial charge in [-0.2, -0.15) is 0 Å². The fourth-order valence-electron chi connectivity index (χ4n) is 3.89. The van der Waals surface area contributed by atoms with Gasteiger partial charge in [-0.05, 0) is 49.3 Å². The second-order valence-corrected chi connectivity index (χ2v) is 8.43. The highest BCUT2D eigenvalue weighted by Gasteiger charge is 2.22. The van der Waals surface area contributed by atoms with E-state index in [1.165, 1.54) is 37.8 Å². The van der Waals surface area contributed by atoms with E-state index in [0.717, 1.165) is 25.9 Å². The van der Waals surface area contributed by atoms with Crippen molar-refractivity contribution >= 4 is 17.6 Å². The average molecular weight is 468 g/mol. The van der Waals surface area contributed by atoms with Crippen LogP contribution in [0.5, 0.6) is 5.75 Å². The van der Waals surface area contributed by atoms with Gasteiger partial charge in [-0.1, -0.05) is 77.1 Å². The van der Waals surface area contributed by atoms with Gasteiger partial charge in [-0.3, -0.25) is 4.79 Å². The van der Waals surface area contributed by atoms with Crippen LogP contribution in [0.3, 0.4) is 0 Å². The molecule has 0 atom stereocenters. The van der Waals surface area contributed by atoms with E-state index in [2.05, 4.69) is 25.7 Å². The highest BCUT2D eigenvalue weighted by atomic mass is 16.5. The molecular weight excluding hydrogens is 428 g/mol. The van der Waals surface area contributed by atoms with Crippen molar-refractivity contribution in [2.45, 2.75) is 59.3 Å². The van der Waals surface area contributed by atoms with E-state index in [1.54, 1.807) is 23.1 Å². The summed E-state index contributed by atoms with van der Waals surface area (Å²) in [4.78, 5) is 28.8. The summed E-state index contributed by atoms with van der Waals surface area (Å²) in [6, 6.07) is 13.6. The number of carbonyl (C=O) groups excluding carboxylic acids is 2. The molecule has 2 aromatic carbocycles. The van der Waals surface area contributed by atoms with E-state index in [0.29, 0.717) is 36.7 Å². The van der Waals surface area contributed by atoms with E-state index in [9.17, 15) is 14.7 Å². The molecule has 0 saturated carbocycles. The third kappa shape index (κ3) is 8.49. The number of anilines is 1. The Kier molecular flexibility index (Phi) is 12.2. The summed E-state index contributed by atoms with van der Waals surface area (Å²) in [5, 5.41) is 11.2. The molecule has 0 heterocycles. The van der Waals surface area contributed by atoms with Crippen LogP contribution >= 0.6 is 0 Å². The van der Waals surface area contributed by atoms with Crippen molar-refractivity contribution in [2.75, 3.05) is 37.7 Å². The lowest BCUT2D eigenvalue weighted by atomic mass is 10.1. The van der Waals surface area contributed by atoms with Crippen molar-refractivity contribution in [3.63, 3.8) is 0 Å². The van der Waals surface area contributed by atoms with Gasteiger partial charge < -0.3 is 24.4 Å². The molecule has 0 aromatic heterocycles. The normalized spacial score (nSPS) is 10.9. The number of para-hydroxylation sites is 1. The van der Waals surface area contributed by atoms with Crippen LogP contribution < -0.4 is 14.7 Å². The molecule has 0 bridgehead atoms. The Hall–Kier alpha value is -2.86. The van der Waals surface area contributed by atoms with E-state index >= 15 is 0 Å². The van der Waals surface area contributed by atoms with Gasteiger partial charge in [-0.15, -0.1) is 0 Å². The molecule has 2 aromatic rings. The van der Waals surface area contributed by atoms with Crippen LogP contribution in [0.25, 0.3) is 0 Å². The molecule has 0 saturated heterocycles. The van der Waals surface area contributed by atoms with Crippen molar-refractivity contribution < 1.29 is 19.4 Å². The number of hydrogen-bond donors (Lipinski definition) is 0. The van der Waals surface area contributed by atoms with Gasteiger partial charge in [0, 0.05) is 18.8 Å². The molecule has 0 unspecified atom stereocenters. The molecule has 0 spiro atoms. The molecule has 0 radical (unpaired) electrons. The van der Waals surface area contributed by atoms with Gasteiger partial charge in [0.05, 0.1) is 18.1 Å². The number of likely N-dealkylation sites (N-methyl/N-ethyl adjacent to an activating group) is 1. The summed E-state index contributed by atoms with van der Waals surface area (Å²) in [7, 11) is 0. The van der Waals surface area contributed by atoms with Crippen LogP contribution in [-0.4, -0.2) is 49.6 Å². The molecule has 186 valence electrons. The van der Waals surface area contributed by atoms with Crippen molar-refractivity contribution in [2.24, 2.45) is 0 Å². The number of benzene rings is 2. The number of rotatable bonds is 16. The van der Waals surface area contributed by atoms with Gasteiger partial charge in [0.1, 0.15) is 5.75 Å². The second kappa shape index (κ2) is 15.1. The van der Waals surface area contributed by atoms with Gasteiger partial charge in [0.25, 0.3) is 5.91 Å². The summed E-state index contributed by atoms with van der Waals surface area (Å²) in [6.07, 6.45) is 7.04. The van der Waals surface area contributed by atoms with Crippen molar-refractivity contribution in [3.8, 4) is 5.75 Å². The number of carboxylic acids is 1. The van der Waals surface area contributed by atoms with Crippen molar-refractivity contribution in [3.05, 3.63) is 59.7 Å². The summed E-state index contributed by atoms with van der Waals surface area (Å²) < 4.78 is 6.03. The third-order valence-electron chi connectivity index (χ3n) is 6.07. The van der Waals surface area contributed by atoms with Crippen LogP contribution in [0.15, 0.2) is 48.5 Å². The van der Waals surface area contributed by atoms with Gasteiger partial charge in [-0.25, -0.2) is 0 Å². The molecule has 6 nitrogen and oxygen atoms in total. The van der Waals surface area contributed by atoms with Crippen molar-refractivity contribution in [1.29, 1.82) is 0 Å². The lowest BCUT2D eigenvalue weighted by molar-refractivity contribution is -0.255. The summed E-state index contributed by atoms with van der Waals surface area (Å²) in [6.45, 7) is 9.95. The largest absolute Gasteiger partial charge is 0.545 e. The molecular formula is C28H39N2O4-. The summed E-state index contributed by atoms with van der Waals surface area (Å²) in [5.74, 6) is -0.812. The predicted octanol–water partition coefficient (Wildman–Crippen LogP) is 4.78. The first-order valence-electron chi connectivity index (χ1n) is 12.6. The smallest absolute Gasteiger partial charge is 0.262 e. The minimum atomic E-state index is -1.24. The van der Waals surface area contributed by atoms with Gasteiger partial charge >= 0.3 is 0 Å². The van der Waals surface area contributed by atoms with Gasteiger partial charge in [0.15, 0.2) is 0 Å². The number of carbonyl (C=O) groups is 2. The molecule has 6 heteroatoms. The fraction of sp³-hybridized carbons (Fsp3) is 0.500. The SMILES string of the molecule is CCCCCCCCOc1ccccc1C(=O)N(CCN(CC)CC)c1ccc(C(=O)[O-])cc1. The average Bonchev–Trinajstić information content (AvgIpc) is 2.86. The first-order chi connectivity index (χ1) is 16.5. The van der Waals surface area contributed by atoms with E-state index in [-0.39, 0.29) is 11.5 Å². The molecule has 0 aliphatic carbocycles. The highest BCUT2D eigenvalue weighted by Crippen LogP contribution is 2.24. The minimum absolute atomic E-state index is 0.0857. The van der Waals surface area contributed by atoms with Crippen LogP contribution in [-0.2, 0) is 0 Å². The third-order valence-corrected chi connectivity index (χ3v) is 6.07. The van der Waals surface area contributed by atoms with E-state index < -0.39 is 5.97 Å².